The maximum atomic E-state index is 13.1. The van der Waals surface area contributed by atoms with Crippen LogP contribution in [-0.4, -0.2) is 28.0 Å². The first kappa shape index (κ1) is 20.9. The van der Waals surface area contributed by atoms with E-state index < -0.39 is 8.32 Å². The van der Waals surface area contributed by atoms with Crippen molar-refractivity contribution in [3.63, 3.8) is 0 Å². The Morgan fingerprint density at radius 3 is 2.44 bits per heavy atom. The molecule has 2 aliphatic carbocycles. The van der Waals surface area contributed by atoms with Gasteiger partial charge in [-0.1, -0.05) is 0 Å². The standard InChI is InChI=1S/C23H34O2SeSi/c1-23(2,3)27(4,5)25-21-16-15-20(18-13-9-10-14-19(18)21)22(24)26-17-11-7-6-8-12-17/h6-8,11-12,18,20H,9-10,13-16H2,1-5H3/t18-,20?/m1/s1. The van der Waals surface area contributed by atoms with Crippen LogP contribution in [0.2, 0.25) is 18.1 Å². The molecule has 0 aromatic heterocycles. The van der Waals surface area contributed by atoms with Crippen molar-refractivity contribution in [1.29, 1.82) is 0 Å². The molecule has 0 N–H and O–H groups in total. The Labute approximate surface area is 172 Å². The number of benzene rings is 1. The molecule has 2 aliphatic rings. The van der Waals surface area contributed by atoms with Crippen LogP contribution in [0.5, 0.6) is 0 Å². The summed E-state index contributed by atoms with van der Waals surface area (Å²) < 4.78 is 8.47. The summed E-state index contributed by atoms with van der Waals surface area (Å²) in [6.45, 7) is 11.6. The van der Waals surface area contributed by atoms with Crippen LogP contribution in [0.25, 0.3) is 0 Å². The molecule has 0 spiro atoms. The first-order chi connectivity index (χ1) is 12.7. The quantitative estimate of drug-likeness (QED) is 0.561. The number of carbonyl (C=O) groups excluding carboxylic acids is 1. The Morgan fingerprint density at radius 2 is 1.78 bits per heavy atom. The monoisotopic (exact) mass is 450 g/mol. The molecule has 2 atom stereocenters. The zero-order valence-electron chi connectivity index (χ0n) is 17.5. The summed E-state index contributed by atoms with van der Waals surface area (Å²) in [5.41, 5.74) is 1.50. The predicted octanol–water partition coefficient (Wildman–Crippen LogP) is 5.42. The molecule has 1 aromatic carbocycles. The summed E-state index contributed by atoms with van der Waals surface area (Å²) in [6.07, 6.45) is 6.74. The van der Waals surface area contributed by atoms with E-state index >= 15 is 0 Å². The number of rotatable bonds is 5. The second-order valence-corrected chi connectivity index (χ2v) is 16.5. The zero-order chi connectivity index (χ0) is 19.7. The van der Waals surface area contributed by atoms with Gasteiger partial charge >= 0.3 is 173 Å². The van der Waals surface area contributed by atoms with Gasteiger partial charge in [-0.2, -0.15) is 0 Å². The third kappa shape index (κ3) is 4.78. The fourth-order valence-electron chi connectivity index (χ4n) is 4.02. The average Bonchev–Trinajstić information content (AvgIpc) is 2.61. The van der Waals surface area contributed by atoms with E-state index in [1.807, 2.05) is 18.2 Å². The SMILES string of the molecule is CC(C)(C)[Si](C)(C)OC1=C2CCCC[C@H]2C(C(=O)[Se]c2ccccc2)CC1. The minimum atomic E-state index is -1.82. The summed E-state index contributed by atoms with van der Waals surface area (Å²) in [5.74, 6) is 1.92. The molecule has 0 saturated heterocycles. The molecule has 2 nitrogen and oxygen atoms in total. The van der Waals surface area contributed by atoms with Crippen molar-refractivity contribution in [2.75, 3.05) is 0 Å². The molecule has 27 heavy (non-hydrogen) atoms. The third-order valence-corrected chi connectivity index (χ3v) is 13.1. The van der Waals surface area contributed by atoms with Gasteiger partial charge in [-0.15, -0.1) is 0 Å². The molecule has 0 radical (unpaired) electrons. The average molecular weight is 450 g/mol. The molecule has 1 aromatic rings. The van der Waals surface area contributed by atoms with E-state index in [0.717, 1.165) is 19.3 Å². The molecule has 1 unspecified atom stereocenters. The molecule has 1 fully saturated rings. The van der Waals surface area contributed by atoms with Crippen molar-refractivity contribution in [3.8, 4) is 0 Å². The molecular formula is C23H34O2SeSi. The van der Waals surface area contributed by atoms with Crippen molar-refractivity contribution in [1.82, 2.24) is 0 Å². The van der Waals surface area contributed by atoms with E-state index in [9.17, 15) is 4.79 Å². The number of fused-ring (bicyclic) bond motifs is 1. The first-order valence-corrected chi connectivity index (χ1v) is 15.0. The Morgan fingerprint density at radius 1 is 1.07 bits per heavy atom. The van der Waals surface area contributed by atoms with E-state index in [-0.39, 0.29) is 25.9 Å². The zero-order valence-corrected chi connectivity index (χ0v) is 20.2. The number of hydrogen-bond acceptors (Lipinski definition) is 2. The predicted molar refractivity (Wildman–Crippen MR) is 117 cm³/mol. The van der Waals surface area contributed by atoms with Gasteiger partial charge in [-0.3, -0.25) is 0 Å². The van der Waals surface area contributed by atoms with Crippen LogP contribution in [0, 0.1) is 11.8 Å². The fourth-order valence-corrected chi connectivity index (χ4v) is 7.19. The molecule has 4 heteroatoms. The van der Waals surface area contributed by atoms with Crippen molar-refractivity contribution in [2.24, 2.45) is 11.8 Å². The summed E-state index contributed by atoms with van der Waals surface area (Å²) in [4.78, 5) is 13.1. The Hall–Kier alpha value is -0.834. The topological polar surface area (TPSA) is 26.3 Å². The first-order valence-electron chi connectivity index (χ1n) is 10.4. The molecular weight excluding hydrogens is 415 g/mol. The molecule has 3 rings (SSSR count). The second-order valence-electron chi connectivity index (χ2n) is 9.54. The Bertz CT molecular complexity index is 703. The summed E-state index contributed by atoms with van der Waals surface area (Å²) >= 11 is -0.0632. The molecule has 0 heterocycles. The van der Waals surface area contributed by atoms with E-state index in [0.29, 0.717) is 10.6 Å². The number of allylic oxidation sites excluding steroid dienone is 2. The summed E-state index contributed by atoms with van der Waals surface area (Å²) in [5, 5.41) is 0.216. The number of hydrogen-bond donors (Lipinski definition) is 0. The van der Waals surface area contributed by atoms with Gasteiger partial charge in [0.25, 0.3) is 0 Å². The molecule has 0 amide bonds. The molecule has 0 bridgehead atoms. The molecule has 148 valence electrons. The summed E-state index contributed by atoms with van der Waals surface area (Å²) in [6, 6.07) is 10.3. The van der Waals surface area contributed by atoms with E-state index in [1.165, 1.54) is 35.1 Å². The Balaban J connectivity index is 1.80. The fraction of sp³-hybridized carbons (Fsp3) is 0.609. The van der Waals surface area contributed by atoms with Crippen LogP contribution < -0.4 is 4.46 Å². The van der Waals surface area contributed by atoms with Gasteiger partial charge in [0.2, 0.25) is 0 Å². The van der Waals surface area contributed by atoms with Crippen LogP contribution in [0.15, 0.2) is 41.7 Å². The van der Waals surface area contributed by atoms with E-state index in [4.69, 9.17) is 4.43 Å². The molecule has 1 saturated carbocycles. The van der Waals surface area contributed by atoms with Gasteiger partial charge in [-0.05, 0) is 0 Å². The van der Waals surface area contributed by atoms with Crippen LogP contribution in [0.3, 0.4) is 0 Å². The Kier molecular flexibility index (Phi) is 6.40. The van der Waals surface area contributed by atoms with Gasteiger partial charge in [0.15, 0.2) is 0 Å². The van der Waals surface area contributed by atoms with Gasteiger partial charge < -0.3 is 0 Å². The van der Waals surface area contributed by atoms with Crippen LogP contribution >= 0.6 is 0 Å². The van der Waals surface area contributed by atoms with Crippen molar-refractivity contribution >= 4 is 32.4 Å². The minimum absolute atomic E-state index is 0.0632. The van der Waals surface area contributed by atoms with Crippen molar-refractivity contribution in [3.05, 3.63) is 41.7 Å². The third-order valence-electron chi connectivity index (χ3n) is 6.63. The van der Waals surface area contributed by atoms with Crippen LogP contribution in [0.1, 0.15) is 59.3 Å². The van der Waals surface area contributed by atoms with Gasteiger partial charge in [0, 0.05) is 0 Å². The van der Waals surface area contributed by atoms with Crippen molar-refractivity contribution in [2.45, 2.75) is 77.4 Å². The van der Waals surface area contributed by atoms with Crippen LogP contribution in [-0.2, 0) is 9.22 Å². The second kappa shape index (κ2) is 8.27. The summed E-state index contributed by atoms with van der Waals surface area (Å²) in [7, 11) is -1.82. The van der Waals surface area contributed by atoms with Crippen LogP contribution in [0.4, 0.5) is 0 Å². The van der Waals surface area contributed by atoms with Gasteiger partial charge in [0.05, 0.1) is 0 Å². The maximum absolute atomic E-state index is 13.1. The van der Waals surface area contributed by atoms with E-state index in [2.05, 4.69) is 46.0 Å². The van der Waals surface area contributed by atoms with Crippen molar-refractivity contribution < 1.29 is 9.22 Å². The van der Waals surface area contributed by atoms with E-state index in [1.54, 1.807) is 0 Å². The van der Waals surface area contributed by atoms with Gasteiger partial charge in [-0.25, -0.2) is 0 Å². The normalized spacial score (nSPS) is 23.7. The van der Waals surface area contributed by atoms with Gasteiger partial charge in [0.1, 0.15) is 0 Å². The number of carbonyl (C=O) groups is 1. The molecule has 0 aliphatic heterocycles.